The number of nitrogens with zero attached hydrogens (tertiary/aromatic N) is 2. The number of aromatic nitrogens is 3. The van der Waals surface area contributed by atoms with E-state index in [-0.39, 0.29) is 18.0 Å². The van der Waals surface area contributed by atoms with Crippen molar-refractivity contribution < 1.29 is 4.79 Å². The van der Waals surface area contributed by atoms with Gasteiger partial charge in [-0.2, -0.15) is 5.10 Å². The van der Waals surface area contributed by atoms with Crippen molar-refractivity contribution in [2.75, 3.05) is 5.32 Å². The number of carbonyl (C=O) groups is 1. The third kappa shape index (κ3) is 2.95. The van der Waals surface area contributed by atoms with Gasteiger partial charge in [-0.25, -0.2) is 4.68 Å². The molecule has 7 heteroatoms. The molecule has 1 amide bonds. The van der Waals surface area contributed by atoms with Crippen LogP contribution in [0.1, 0.15) is 5.56 Å². The van der Waals surface area contributed by atoms with E-state index in [0.717, 1.165) is 26.5 Å². The number of hydrogen-bond acceptors (Lipinski definition) is 3. The highest BCUT2D eigenvalue weighted by atomic mass is 35.5. The van der Waals surface area contributed by atoms with E-state index in [1.165, 1.54) is 0 Å². The normalized spacial score (nSPS) is 11.2. The molecule has 0 saturated carbocycles. The summed E-state index contributed by atoms with van der Waals surface area (Å²) in [5, 5.41) is 9.16. The number of hydrogen-bond donors (Lipinski definition) is 2. The molecule has 2 N–H and O–H groups in total. The van der Waals surface area contributed by atoms with Gasteiger partial charge in [-0.3, -0.25) is 9.59 Å². The van der Waals surface area contributed by atoms with Crippen LogP contribution in [-0.2, 0) is 11.3 Å². The first-order valence-electron chi connectivity index (χ1n) is 8.05. The Labute approximate surface area is 153 Å². The smallest absolute Gasteiger partial charge is 0.291 e. The van der Waals surface area contributed by atoms with Crippen LogP contribution in [0.4, 0.5) is 5.69 Å². The average molecular weight is 367 g/mol. The topological polar surface area (TPSA) is 79.8 Å². The molecular formula is C19H15ClN4O2. The first kappa shape index (κ1) is 16.4. The molecule has 130 valence electrons. The van der Waals surface area contributed by atoms with Crippen LogP contribution in [0, 0.1) is 6.92 Å². The van der Waals surface area contributed by atoms with Gasteiger partial charge in [0.25, 0.3) is 5.56 Å². The Morgan fingerprint density at radius 3 is 2.73 bits per heavy atom. The lowest BCUT2D eigenvalue weighted by molar-refractivity contribution is -0.117. The zero-order chi connectivity index (χ0) is 18.3. The van der Waals surface area contributed by atoms with E-state index in [9.17, 15) is 9.59 Å². The monoisotopic (exact) mass is 366 g/mol. The van der Waals surface area contributed by atoms with Crippen molar-refractivity contribution in [1.29, 1.82) is 0 Å². The van der Waals surface area contributed by atoms with Crippen LogP contribution < -0.4 is 10.9 Å². The molecule has 2 heterocycles. The van der Waals surface area contributed by atoms with Gasteiger partial charge < -0.3 is 10.3 Å². The average Bonchev–Trinajstić information content (AvgIpc) is 2.98. The number of H-pyrrole nitrogens is 1. The van der Waals surface area contributed by atoms with E-state index in [2.05, 4.69) is 15.4 Å². The minimum atomic E-state index is -0.340. The second-order valence-electron chi connectivity index (χ2n) is 6.13. The number of fused-ring (bicyclic) bond motifs is 3. The van der Waals surface area contributed by atoms with Gasteiger partial charge in [0.15, 0.2) is 0 Å². The number of benzene rings is 2. The van der Waals surface area contributed by atoms with Crippen molar-refractivity contribution >= 4 is 45.0 Å². The lowest BCUT2D eigenvalue weighted by atomic mass is 10.1. The van der Waals surface area contributed by atoms with E-state index in [4.69, 9.17) is 11.6 Å². The summed E-state index contributed by atoms with van der Waals surface area (Å²) in [7, 11) is 0. The molecule has 0 aliphatic rings. The Kier molecular flexibility index (Phi) is 3.97. The Morgan fingerprint density at radius 2 is 1.96 bits per heavy atom. The highest BCUT2D eigenvalue weighted by Gasteiger charge is 2.13. The number of aromatic amines is 1. The zero-order valence-corrected chi connectivity index (χ0v) is 14.7. The molecule has 0 radical (unpaired) electrons. The van der Waals surface area contributed by atoms with E-state index in [1.54, 1.807) is 30.5 Å². The predicted octanol–water partition coefficient (Wildman–Crippen LogP) is 3.48. The number of rotatable bonds is 3. The summed E-state index contributed by atoms with van der Waals surface area (Å²) in [4.78, 5) is 28.0. The fourth-order valence-electron chi connectivity index (χ4n) is 2.92. The maximum absolute atomic E-state index is 12.7. The molecule has 2 aromatic heterocycles. The lowest BCUT2D eigenvalue weighted by Crippen LogP contribution is -2.29. The van der Waals surface area contributed by atoms with Crippen LogP contribution in [0.3, 0.4) is 0 Å². The van der Waals surface area contributed by atoms with Crippen molar-refractivity contribution in [3.05, 3.63) is 69.6 Å². The molecule has 2 aromatic carbocycles. The minimum absolute atomic E-state index is 0.175. The van der Waals surface area contributed by atoms with Gasteiger partial charge in [0.1, 0.15) is 12.1 Å². The summed E-state index contributed by atoms with van der Waals surface area (Å²) in [6, 6.07) is 12.7. The van der Waals surface area contributed by atoms with Gasteiger partial charge in [0, 0.05) is 27.0 Å². The van der Waals surface area contributed by atoms with E-state index in [0.29, 0.717) is 16.2 Å². The first-order chi connectivity index (χ1) is 12.5. The van der Waals surface area contributed by atoms with Crippen molar-refractivity contribution in [3.8, 4) is 0 Å². The SMILES string of the molecule is Cc1ccc2[nH]c3c(=O)n(CC(=O)Nc4ccc(Cl)cc4)ncc3c2c1. The Hall–Kier alpha value is -3.12. The molecule has 0 aliphatic heterocycles. The molecule has 0 saturated heterocycles. The summed E-state index contributed by atoms with van der Waals surface area (Å²) >= 11 is 5.83. The fraction of sp³-hybridized carbons (Fsp3) is 0.105. The highest BCUT2D eigenvalue weighted by Crippen LogP contribution is 2.23. The third-order valence-corrected chi connectivity index (χ3v) is 4.44. The zero-order valence-electron chi connectivity index (χ0n) is 13.9. The minimum Gasteiger partial charge on any atom is -0.350 e. The molecular weight excluding hydrogens is 352 g/mol. The van der Waals surface area contributed by atoms with Crippen molar-refractivity contribution in [2.45, 2.75) is 13.5 Å². The fourth-order valence-corrected chi connectivity index (χ4v) is 3.05. The lowest BCUT2D eigenvalue weighted by Gasteiger charge is -2.06. The summed E-state index contributed by atoms with van der Waals surface area (Å²) in [6.07, 6.45) is 1.62. The Bertz CT molecular complexity index is 1190. The van der Waals surface area contributed by atoms with E-state index >= 15 is 0 Å². The molecule has 6 nitrogen and oxygen atoms in total. The standard InChI is InChI=1S/C19H15ClN4O2/c1-11-2-7-16-14(8-11)15-9-21-24(19(26)18(15)23-16)10-17(25)22-13-5-3-12(20)4-6-13/h2-9,23H,10H2,1H3,(H,22,25). The molecule has 26 heavy (non-hydrogen) atoms. The molecule has 0 bridgehead atoms. The summed E-state index contributed by atoms with van der Waals surface area (Å²) in [5.74, 6) is -0.340. The summed E-state index contributed by atoms with van der Waals surface area (Å²) < 4.78 is 1.15. The highest BCUT2D eigenvalue weighted by molar-refractivity contribution is 6.30. The molecule has 4 aromatic rings. The molecule has 0 aliphatic carbocycles. The maximum Gasteiger partial charge on any atom is 0.291 e. The number of anilines is 1. The van der Waals surface area contributed by atoms with Crippen LogP contribution in [0.25, 0.3) is 21.8 Å². The summed E-state index contributed by atoms with van der Waals surface area (Å²) in [6.45, 7) is 1.82. The molecule has 0 unspecified atom stereocenters. The quantitative estimate of drug-likeness (QED) is 0.582. The van der Waals surface area contributed by atoms with Gasteiger partial charge in [0.05, 0.1) is 6.20 Å². The Balaban J connectivity index is 1.65. The molecule has 0 fully saturated rings. The molecule has 4 rings (SSSR count). The van der Waals surface area contributed by atoms with Crippen LogP contribution in [0.5, 0.6) is 0 Å². The van der Waals surface area contributed by atoms with E-state index in [1.807, 2.05) is 25.1 Å². The van der Waals surface area contributed by atoms with Crippen LogP contribution >= 0.6 is 11.6 Å². The third-order valence-electron chi connectivity index (χ3n) is 4.19. The van der Waals surface area contributed by atoms with Crippen LogP contribution in [0.15, 0.2) is 53.5 Å². The van der Waals surface area contributed by atoms with Gasteiger partial charge in [-0.1, -0.05) is 23.2 Å². The van der Waals surface area contributed by atoms with E-state index < -0.39 is 0 Å². The molecule has 0 atom stereocenters. The largest absolute Gasteiger partial charge is 0.350 e. The summed E-state index contributed by atoms with van der Waals surface area (Å²) in [5.41, 5.74) is 2.69. The predicted molar refractivity (Wildman–Crippen MR) is 103 cm³/mol. The van der Waals surface area contributed by atoms with Gasteiger partial charge >= 0.3 is 0 Å². The number of carbonyl (C=O) groups excluding carboxylic acids is 1. The van der Waals surface area contributed by atoms with Crippen LogP contribution in [0.2, 0.25) is 5.02 Å². The first-order valence-corrected chi connectivity index (χ1v) is 8.42. The van der Waals surface area contributed by atoms with Crippen LogP contribution in [-0.4, -0.2) is 20.7 Å². The molecule has 0 spiro atoms. The van der Waals surface area contributed by atoms with Gasteiger partial charge in [0.2, 0.25) is 5.91 Å². The van der Waals surface area contributed by atoms with Crippen molar-refractivity contribution in [1.82, 2.24) is 14.8 Å². The second-order valence-corrected chi connectivity index (χ2v) is 6.56. The number of nitrogens with one attached hydrogen (secondary N) is 2. The number of aryl methyl sites for hydroxylation is 1. The second kappa shape index (κ2) is 6.31. The van der Waals surface area contributed by atoms with Crippen molar-refractivity contribution in [2.24, 2.45) is 0 Å². The van der Waals surface area contributed by atoms with Crippen molar-refractivity contribution in [3.63, 3.8) is 0 Å². The van der Waals surface area contributed by atoms with Gasteiger partial charge in [-0.05, 0) is 43.3 Å². The number of amides is 1. The number of halogens is 1. The maximum atomic E-state index is 12.7. The Morgan fingerprint density at radius 1 is 1.19 bits per heavy atom. The van der Waals surface area contributed by atoms with Gasteiger partial charge in [-0.15, -0.1) is 0 Å².